The molecule has 15 nitrogen and oxygen atoms in total. The number of carbonyl (C=O) groups is 2. The predicted octanol–water partition coefficient (Wildman–Crippen LogP) is 4.03. The summed E-state index contributed by atoms with van der Waals surface area (Å²) in [5.74, 6) is -0.172. The first kappa shape index (κ1) is 35.1. The number of piperazine rings is 1. The highest BCUT2D eigenvalue weighted by molar-refractivity contribution is 6.34. The zero-order chi connectivity index (χ0) is 38.1. The van der Waals surface area contributed by atoms with E-state index in [0.29, 0.717) is 34.7 Å². The van der Waals surface area contributed by atoms with Crippen LogP contribution in [-0.4, -0.2) is 83.9 Å². The number of aromatic hydroxyl groups is 1. The average molecular weight is 766 g/mol. The van der Waals surface area contributed by atoms with E-state index in [2.05, 4.69) is 25.4 Å². The van der Waals surface area contributed by atoms with E-state index in [9.17, 15) is 32.7 Å². The van der Waals surface area contributed by atoms with Crippen LogP contribution < -0.4 is 25.2 Å². The number of nitrogens with one attached hydrogen (secondary N) is 1. The van der Waals surface area contributed by atoms with Gasteiger partial charge < -0.3 is 34.3 Å². The molecular weight excluding hydrogens is 735 g/mol. The Morgan fingerprint density at radius 2 is 1.78 bits per heavy atom. The van der Waals surface area contributed by atoms with Crippen LogP contribution in [0.25, 0.3) is 17.2 Å². The van der Waals surface area contributed by atoms with Gasteiger partial charge in [-0.25, -0.2) is 9.97 Å². The van der Waals surface area contributed by atoms with Crippen LogP contribution in [0.3, 0.4) is 0 Å². The number of fused-ring (bicyclic) bond motifs is 3. The summed E-state index contributed by atoms with van der Waals surface area (Å²) in [7, 11) is 0. The molecule has 3 aliphatic rings. The van der Waals surface area contributed by atoms with Crippen molar-refractivity contribution < 1.29 is 37.3 Å². The molecule has 2 amide bonds. The molecule has 0 spiro atoms. The van der Waals surface area contributed by atoms with E-state index in [0.717, 1.165) is 10.6 Å². The zero-order valence-electron chi connectivity index (χ0n) is 28.8. The van der Waals surface area contributed by atoms with Gasteiger partial charge >= 0.3 is 6.18 Å². The molecule has 0 atom stereocenters. The summed E-state index contributed by atoms with van der Waals surface area (Å²) in [5.41, 5.74) is 0.552. The quantitative estimate of drug-likeness (QED) is 0.246. The number of alkyl halides is 3. The number of hydrogen-bond donors (Lipinski definition) is 2. The van der Waals surface area contributed by atoms with Crippen LogP contribution >= 0.6 is 11.6 Å². The Kier molecular flexibility index (Phi) is 8.58. The number of carbonyl (C=O) groups excluding carboxylic acids is 2. The summed E-state index contributed by atoms with van der Waals surface area (Å²) in [6.07, 6.45) is -2.61. The van der Waals surface area contributed by atoms with Gasteiger partial charge in [0.15, 0.2) is 28.8 Å². The first-order valence-electron chi connectivity index (χ1n) is 17.0. The van der Waals surface area contributed by atoms with Crippen molar-refractivity contribution in [3.63, 3.8) is 0 Å². The molecule has 19 heteroatoms. The third-order valence-corrected chi connectivity index (χ3v) is 10.2. The highest BCUT2D eigenvalue weighted by Gasteiger charge is 2.39. The van der Waals surface area contributed by atoms with Gasteiger partial charge in [0.2, 0.25) is 18.5 Å². The van der Waals surface area contributed by atoms with Crippen molar-refractivity contribution in [2.24, 2.45) is 0 Å². The van der Waals surface area contributed by atoms with E-state index in [1.54, 1.807) is 34.6 Å². The summed E-state index contributed by atoms with van der Waals surface area (Å²) in [6.45, 7) is 3.82. The number of hydrogen-bond acceptors (Lipinski definition) is 11. The molecule has 8 rings (SSSR count). The molecule has 5 heterocycles. The number of nitrogens with zero attached hydrogens (tertiary/aromatic N) is 8. The minimum atomic E-state index is -4.59. The first-order chi connectivity index (χ1) is 25.8. The highest BCUT2D eigenvalue weighted by Crippen LogP contribution is 2.45. The SMILES string of the molecule is CCc1c(N2CCN(C(=O)c3ncnc(C)c3O)CC2)c(=O)n2nc(-c3ccc4c(c3)OCO4)nc2n1CC(=O)Nc1c(Cl)cc(C(F)(F)F)c2c1CC2. The van der Waals surface area contributed by atoms with E-state index in [1.807, 2.05) is 6.92 Å². The molecule has 1 fully saturated rings. The molecule has 1 aliphatic carbocycles. The van der Waals surface area contributed by atoms with Crippen LogP contribution in [0, 0.1) is 6.92 Å². The number of aromatic nitrogens is 6. The number of rotatable bonds is 7. The van der Waals surface area contributed by atoms with Crippen LogP contribution in [0.1, 0.15) is 45.5 Å². The average Bonchev–Trinajstić information content (AvgIpc) is 3.79. The maximum Gasteiger partial charge on any atom is 0.416 e. The third kappa shape index (κ3) is 5.89. The summed E-state index contributed by atoms with van der Waals surface area (Å²) >= 11 is 6.33. The number of ether oxygens (including phenoxy) is 2. The van der Waals surface area contributed by atoms with Gasteiger partial charge in [-0.05, 0) is 61.6 Å². The molecule has 1 saturated heterocycles. The summed E-state index contributed by atoms with van der Waals surface area (Å²) in [6, 6.07) is 5.91. The number of benzene rings is 2. The molecule has 280 valence electrons. The van der Waals surface area contributed by atoms with Crippen molar-refractivity contribution in [1.29, 1.82) is 0 Å². The normalized spacial score (nSPS) is 15.0. The van der Waals surface area contributed by atoms with E-state index in [-0.39, 0.29) is 96.5 Å². The van der Waals surface area contributed by atoms with Gasteiger partial charge in [-0.2, -0.15) is 22.7 Å². The Labute approximate surface area is 308 Å². The summed E-state index contributed by atoms with van der Waals surface area (Å²) < 4.78 is 54.7. The monoisotopic (exact) mass is 765 g/mol. The van der Waals surface area contributed by atoms with Crippen molar-refractivity contribution in [1.82, 2.24) is 34.0 Å². The Morgan fingerprint density at radius 3 is 2.48 bits per heavy atom. The van der Waals surface area contributed by atoms with Crippen molar-refractivity contribution in [3.05, 3.63) is 79.7 Å². The number of amides is 2. The van der Waals surface area contributed by atoms with Crippen LogP contribution in [-0.2, 0) is 36.8 Å². The fourth-order valence-corrected chi connectivity index (χ4v) is 7.35. The van der Waals surface area contributed by atoms with Gasteiger partial charge in [0, 0.05) is 31.7 Å². The summed E-state index contributed by atoms with van der Waals surface area (Å²) in [5, 5.41) is 17.5. The van der Waals surface area contributed by atoms with Crippen molar-refractivity contribution in [3.8, 4) is 28.6 Å². The lowest BCUT2D eigenvalue weighted by Gasteiger charge is -2.36. The minimum Gasteiger partial charge on any atom is -0.504 e. The Bertz CT molecular complexity index is 2440. The largest absolute Gasteiger partial charge is 0.504 e. The van der Waals surface area contributed by atoms with Gasteiger partial charge in [0.1, 0.15) is 18.6 Å². The summed E-state index contributed by atoms with van der Waals surface area (Å²) in [4.78, 5) is 57.4. The van der Waals surface area contributed by atoms with Crippen LogP contribution in [0.15, 0.2) is 35.4 Å². The second-order valence-electron chi connectivity index (χ2n) is 13.0. The van der Waals surface area contributed by atoms with E-state index in [1.165, 1.54) is 11.2 Å². The molecule has 3 aromatic heterocycles. The second kappa shape index (κ2) is 13.2. The number of anilines is 2. The lowest BCUT2D eigenvalue weighted by atomic mass is 9.83. The Balaban J connectivity index is 1.16. The van der Waals surface area contributed by atoms with E-state index >= 15 is 0 Å². The lowest BCUT2D eigenvalue weighted by Crippen LogP contribution is -2.51. The lowest BCUT2D eigenvalue weighted by molar-refractivity contribution is -0.138. The Morgan fingerprint density at radius 1 is 1.04 bits per heavy atom. The maximum absolute atomic E-state index is 14.4. The minimum absolute atomic E-state index is 0.0469. The standard InChI is InChI=1S/C35H31ClF3N9O6/c1-3-23-29(45-8-10-46(11-9-45)32(51)28-30(50)17(2)40-15-41-28)33(52)48-34(43-31(44-48)18-4-7-24-25(12-18)54-16-53-24)47(23)14-26(49)42-27-20-6-5-19(20)21(13-22(27)36)35(37,38)39/h4,7,12-13,15,50H,3,5-6,8-11,14,16H2,1-2H3,(H,42,49). The van der Waals surface area contributed by atoms with Crippen LogP contribution in [0.2, 0.25) is 5.02 Å². The van der Waals surface area contributed by atoms with Crippen LogP contribution in [0.5, 0.6) is 17.2 Å². The van der Waals surface area contributed by atoms with Gasteiger partial charge in [-0.3, -0.25) is 14.4 Å². The Hall–Kier alpha value is -5.91. The highest BCUT2D eigenvalue weighted by atomic mass is 35.5. The molecule has 2 aliphatic heterocycles. The second-order valence-corrected chi connectivity index (χ2v) is 13.4. The maximum atomic E-state index is 14.4. The molecule has 0 radical (unpaired) electrons. The zero-order valence-corrected chi connectivity index (χ0v) is 29.6. The molecule has 5 aromatic rings. The van der Waals surface area contributed by atoms with E-state index < -0.39 is 35.7 Å². The number of halogens is 4. The van der Waals surface area contributed by atoms with Crippen molar-refractivity contribution in [2.75, 3.05) is 43.2 Å². The van der Waals surface area contributed by atoms with Gasteiger partial charge in [0.25, 0.3) is 11.5 Å². The van der Waals surface area contributed by atoms with Gasteiger partial charge in [-0.15, -0.1) is 5.10 Å². The third-order valence-electron chi connectivity index (χ3n) is 9.88. The molecule has 0 saturated carbocycles. The smallest absolute Gasteiger partial charge is 0.416 e. The molecule has 2 aromatic carbocycles. The molecule has 54 heavy (non-hydrogen) atoms. The molecule has 0 bridgehead atoms. The molecule has 2 N–H and O–H groups in total. The fraction of sp³-hybridized carbons (Fsp3) is 0.343. The molecule has 0 unspecified atom stereocenters. The topological polar surface area (TPSA) is 169 Å². The van der Waals surface area contributed by atoms with Gasteiger partial charge in [0.05, 0.1) is 27.7 Å². The number of aryl methyl sites for hydroxylation is 1. The van der Waals surface area contributed by atoms with E-state index in [4.69, 9.17) is 21.1 Å². The molecular formula is C35H31ClF3N9O6. The van der Waals surface area contributed by atoms with Crippen LogP contribution in [0.4, 0.5) is 24.5 Å². The van der Waals surface area contributed by atoms with Crippen molar-refractivity contribution in [2.45, 2.75) is 45.8 Å². The first-order valence-corrected chi connectivity index (χ1v) is 17.4. The van der Waals surface area contributed by atoms with Crippen molar-refractivity contribution >= 4 is 40.6 Å². The van der Waals surface area contributed by atoms with Gasteiger partial charge in [-0.1, -0.05) is 18.5 Å². The predicted molar refractivity (Wildman–Crippen MR) is 187 cm³/mol. The fourth-order valence-electron chi connectivity index (χ4n) is 7.08.